The Kier molecular flexibility index (Phi) is 6.84. The molecule has 3 aliphatic rings. The summed E-state index contributed by atoms with van der Waals surface area (Å²) in [4.78, 5) is 13.0. The van der Waals surface area contributed by atoms with E-state index in [2.05, 4.69) is 30.7 Å². The summed E-state index contributed by atoms with van der Waals surface area (Å²) in [5.41, 5.74) is -0.0130. The number of carbonyl (C=O) groups excluding carboxylic acids is 1. The fourth-order valence-electron chi connectivity index (χ4n) is 5.23. The standard InChI is InChI=1S/C23H25F5N8O3S2/c1-35-17(6-15(33-35)19(25)26)30-22-32-29-9-36(22)11-2-3-16-13(4-11)18(21(40-16)31-20(37)12-5-14(12)24)41(38,39)34-10-7-23(27,28)8-10/h6,9-12,14,19,34H,2-5,7-8H2,1H3,(H,30,32)(H,31,37)/t11-,12?,14?/m0/s1. The number of halogens is 5. The molecule has 18 heteroatoms. The van der Waals surface area contributed by atoms with E-state index in [1.807, 2.05) is 0 Å². The monoisotopic (exact) mass is 620 g/mol. The fraction of sp³-hybridized carbons (Fsp3) is 0.565. The van der Waals surface area contributed by atoms with Crippen molar-refractivity contribution in [2.45, 2.75) is 74.0 Å². The molecule has 41 heavy (non-hydrogen) atoms. The van der Waals surface area contributed by atoms with E-state index in [0.29, 0.717) is 23.3 Å². The molecule has 0 aliphatic heterocycles. The van der Waals surface area contributed by atoms with Crippen LogP contribution in [0, 0.1) is 5.92 Å². The van der Waals surface area contributed by atoms with Gasteiger partial charge in [0.05, 0.1) is 5.92 Å². The van der Waals surface area contributed by atoms with Crippen LogP contribution in [0.3, 0.4) is 0 Å². The van der Waals surface area contributed by atoms with Gasteiger partial charge in [-0.1, -0.05) is 0 Å². The van der Waals surface area contributed by atoms with Crippen molar-refractivity contribution >= 4 is 44.0 Å². The van der Waals surface area contributed by atoms with Gasteiger partial charge in [-0.3, -0.25) is 14.0 Å². The van der Waals surface area contributed by atoms with Gasteiger partial charge in [0, 0.05) is 42.9 Å². The molecule has 3 aromatic rings. The number of hydrogen-bond acceptors (Lipinski definition) is 8. The molecule has 11 nitrogen and oxygen atoms in total. The van der Waals surface area contributed by atoms with E-state index in [0.717, 1.165) is 11.3 Å². The SMILES string of the molecule is Cn1nc(C(F)F)cc1Nc1nncn1[C@H]1CCc2sc(NC(=O)C3CC3F)c(S(=O)(=O)NC3CC(F)(F)C3)c2C1. The Balaban J connectivity index is 1.29. The third-order valence-electron chi connectivity index (χ3n) is 7.48. The number of aryl methyl sites for hydroxylation is 2. The van der Waals surface area contributed by atoms with Gasteiger partial charge in [-0.25, -0.2) is 35.1 Å². The van der Waals surface area contributed by atoms with Crippen LogP contribution >= 0.6 is 11.3 Å². The smallest absolute Gasteiger partial charge is 0.282 e. The Labute approximate surface area is 234 Å². The Morgan fingerprint density at radius 1 is 1.27 bits per heavy atom. The first-order valence-electron chi connectivity index (χ1n) is 12.8. The minimum Gasteiger partial charge on any atom is -0.316 e. The largest absolute Gasteiger partial charge is 0.316 e. The number of fused-ring (bicyclic) bond motifs is 1. The molecule has 2 unspecified atom stereocenters. The van der Waals surface area contributed by atoms with Gasteiger partial charge in [0.1, 0.15) is 33.9 Å². The molecule has 6 rings (SSSR count). The van der Waals surface area contributed by atoms with E-state index in [1.54, 1.807) is 4.57 Å². The number of anilines is 3. The quantitative estimate of drug-likeness (QED) is 0.309. The van der Waals surface area contributed by atoms with E-state index in [1.165, 1.54) is 24.1 Å². The second-order valence-corrected chi connectivity index (χ2v) is 13.3. The lowest BCUT2D eigenvalue weighted by atomic mass is 9.89. The Morgan fingerprint density at radius 3 is 2.63 bits per heavy atom. The second kappa shape index (κ2) is 10.0. The Bertz CT molecular complexity index is 1600. The van der Waals surface area contributed by atoms with Crippen LogP contribution in [0.15, 0.2) is 17.3 Å². The number of sulfonamides is 1. The number of alkyl halides is 5. The Hall–Kier alpha value is -3.12. The summed E-state index contributed by atoms with van der Waals surface area (Å²) < 4.78 is 98.9. The number of amides is 1. The summed E-state index contributed by atoms with van der Waals surface area (Å²) in [6.45, 7) is 0. The molecular formula is C23H25F5N8O3S2. The maximum atomic E-state index is 13.5. The number of aromatic nitrogens is 5. The molecule has 3 heterocycles. The first-order valence-corrected chi connectivity index (χ1v) is 15.1. The zero-order valence-electron chi connectivity index (χ0n) is 21.5. The first-order chi connectivity index (χ1) is 19.3. The molecule has 3 N–H and O–H groups in total. The molecule has 0 saturated heterocycles. The van der Waals surface area contributed by atoms with Gasteiger partial charge >= 0.3 is 0 Å². The highest BCUT2D eigenvalue weighted by Crippen LogP contribution is 2.46. The lowest BCUT2D eigenvalue weighted by Crippen LogP contribution is -2.50. The average molecular weight is 621 g/mol. The van der Waals surface area contributed by atoms with Crippen LogP contribution in [0.1, 0.15) is 54.3 Å². The van der Waals surface area contributed by atoms with Crippen molar-refractivity contribution in [3.05, 3.63) is 28.5 Å². The lowest BCUT2D eigenvalue weighted by molar-refractivity contribution is -0.117. The summed E-state index contributed by atoms with van der Waals surface area (Å²) in [5.74, 6) is -3.99. The van der Waals surface area contributed by atoms with E-state index in [4.69, 9.17) is 0 Å². The summed E-state index contributed by atoms with van der Waals surface area (Å²) in [6.07, 6.45) is -2.75. The molecule has 2 fully saturated rings. The molecule has 0 bridgehead atoms. The van der Waals surface area contributed by atoms with Crippen LogP contribution in [0.2, 0.25) is 0 Å². The number of rotatable bonds is 9. The number of nitrogens with zero attached hydrogens (tertiary/aromatic N) is 5. The van der Waals surface area contributed by atoms with Crippen molar-refractivity contribution < 1.29 is 35.2 Å². The van der Waals surface area contributed by atoms with Gasteiger partial charge in [-0.15, -0.1) is 21.5 Å². The van der Waals surface area contributed by atoms with Crippen molar-refractivity contribution in [3.63, 3.8) is 0 Å². The third-order valence-corrected chi connectivity index (χ3v) is 10.4. The van der Waals surface area contributed by atoms with Gasteiger partial charge in [0.15, 0.2) is 0 Å². The molecule has 1 amide bonds. The number of thiophene rings is 1. The predicted octanol–water partition coefficient (Wildman–Crippen LogP) is 3.86. The molecule has 2 saturated carbocycles. The van der Waals surface area contributed by atoms with Crippen LogP contribution < -0.4 is 15.4 Å². The van der Waals surface area contributed by atoms with Gasteiger partial charge in [0.2, 0.25) is 21.9 Å². The number of hydrogen-bond donors (Lipinski definition) is 3. The van der Waals surface area contributed by atoms with Crippen molar-refractivity contribution in [1.82, 2.24) is 29.3 Å². The van der Waals surface area contributed by atoms with E-state index in [9.17, 15) is 35.2 Å². The molecule has 0 spiro atoms. The summed E-state index contributed by atoms with van der Waals surface area (Å²) >= 11 is 1.07. The normalized spacial score (nSPS) is 23.7. The maximum absolute atomic E-state index is 13.5. The predicted molar refractivity (Wildman–Crippen MR) is 137 cm³/mol. The number of carbonyl (C=O) groups is 1. The van der Waals surface area contributed by atoms with Gasteiger partial charge in [-0.05, 0) is 31.2 Å². The molecule has 0 radical (unpaired) electrons. The minimum absolute atomic E-state index is 0.0230. The van der Waals surface area contributed by atoms with Gasteiger partial charge < -0.3 is 10.6 Å². The van der Waals surface area contributed by atoms with Crippen molar-refractivity contribution in [1.29, 1.82) is 0 Å². The summed E-state index contributed by atoms with van der Waals surface area (Å²) in [6, 6.07) is -0.155. The highest BCUT2D eigenvalue weighted by atomic mass is 32.2. The van der Waals surface area contributed by atoms with Crippen molar-refractivity contribution in [2.75, 3.05) is 10.6 Å². The van der Waals surface area contributed by atoms with E-state index in [-0.39, 0.29) is 40.5 Å². The minimum atomic E-state index is -4.35. The third kappa shape index (κ3) is 5.43. The molecule has 3 aliphatic carbocycles. The molecule has 3 atom stereocenters. The van der Waals surface area contributed by atoms with Crippen LogP contribution in [0.5, 0.6) is 0 Å². The van der Waals surface area contributed by atoms with Crippen LogP contribution in [0.4, 0.5) is 38.7 Å². The van der Waals surface area contributed by atoms with E-state index < -0.39 is 64.9 Å². The van der Waals surface area contributed by atoms with Gasteiger partial charge in [-0.2, -0.15) is 5.10 Å². The lowest BCUT2D eigenvalue weighted by Gasteiger charge is -2.35. The zero-order chi connectivity index (χ0) is 29.3. The van der Waals surface area contributed by atoms with Gasteiger partial charge in [0.25, 0.3) is 12.3 Å². The first kappa shape index (κ1) is 28.0. The molecular weight excluding hydrogens is 595 g/mol. The van der Waals surface area contributed by atoms with Crippen molar-refractivity contribution in [3.8, 4) is 0 Å². The van der Waals surface area contributed by atoms with E-state index >= 15 is 0 Å². The average Bonchev–Trinajstić information content (AvgIpc) is 3.19. The topological polar surface area (TPSA) is 136 Å². The summed E-state index contributed by atoms with van der Waals surface area (Å²) in [7, 11) is -2.86. The van der Waals surface area contributed by atoms with Crippen LogP contribution in [-0.2, 0) is 34.7 Å². The maximum Gasteiger partial charge on any atom is 0.282 e. The Morgan fingerprint density at radius 2 is 2.00 bits per heavy atom. The summed E-state index contributed by atoms with van der Waals surface area (Å²) in [5, 5.41) is 17.2. The second-order valence-electron chi connectivity index (χ2n) is 10.6. The zero-order valence-corrected chi connectivity index (χ0v) is 23.1. The van der Waals surface area contributed by atoms with Crippen LogP contribution in [-0.4, -0.2) is 57.0 Å². The number of nitrogens with one attached hydrogen (secondary N) is 3. The van der Waals surface area contributed by atoms with Crippen molar-refractivity contribution in [2.24, 2.45) is 13.0 Å². The highest BCUT2D eigenvalue weighted by molar-refractivity contribution is 7.90. The molecule has 3 aromatic heterocycles. The van der Waals surface area contributed by atoms with Crippen LogP contribution in [0.25, 0.3) is 0 Å². The highest BCUT2D eigenvalue weighted by Gasteiger charge is 2.48. The fourth-order valence-corrected chi connectivity index (χ4v) is 8.44. The molecule has 222 valence electrons. The molecule has 0 aromatic carbocycles.